The zero-order valence-corrected chi connectivity index (χ0v) is 12.2. The molecule has 0 spiro atoms. The molecule has 21 heavy (non-hydrogen) atoms. The van der Waals surface area contributed by atoms with Gasteiger partial charge in [-0.05, 0) is 19.9 Å². The van der Waals surface area contributed by atoms with Crippen LogP contribution in [0, 0.1) is 6.92 Å². The summed E-state index contributed by atoms with van der Waals surface area (Å²) < 4.78 is 6.58. The number of hydrogen-bond donors (Lipinski definition) is 1. The number of carboxylic acid groups (broad SMARTS) is 1. The van der Waals surface area contributed by atoms with Crippen molar-refractivity contribution in [2.45, 2.75) is 20.4 Å². The molecule has 0 aromatic carbocycles. The van der Waals surface area contributed by atoms with E-state index >= 15 is 0 Å². The minimum Gasteiger partial charge on any atom is -0.478 e. The summed E-state index contributed by atoms with van der Waals surface area (Å²) in [6.45, 7) is 4.42. The Balaban J connectivity index is 2.26. The van der Waals surface area contributed by atoms with Crippen LogP contribution in [0.15, 0.2) is 27.5 Å². The molecule has 7 heteroatoms. The molecule has 0 atom stereocenters. The van der Waals surface area contributed by atoms with Gasteiger partial charge in [0.15, 0.2) is 0 Å². The quantitative estimate of drug-likeness (QED) is 0.894. The summed E-state index contributed by atoms with van der Waals surface area (Å²) in [7, 11) is 1.87. The predicted octanol–water partition coefficient (Wildman–Crippen LogP) is 1.35. The largest absolute Gasteiger partial charge is 0.478 e. The van der Waals surface area contributed by atoms with Crippen molar-refractivity contribution in [1.29, 1.82) is 0 Å². The maximum absolute atomic E-state index is 12.0. The number of carbonyl (C=O) groups is 1. The molecule has 0 saturated heterocycles. The summed E-state index contributed by atoms with van der Waals surface area (Å²) in [6.07, 6.45) is 1.60. The number of rotatable bonds is 5. The molecule has 0 aliphatic carbocycles. The van der Waals surface area contributed by atoms with E-state index in [9.17, 15) is 9.59 Å². The number of hydrogen-bond acceptors (Lipinski definition) is 5. The molecular weight excluding hydrogens is 274 g/mol. The Morgan fingerprint density at radius 3 is 2.71 bits per heavy atom. The van der Waals surface area contributed by atoms with Gasteiger partial charge in [-0.2, -0.15) is 5.10 Å². The third-order valence-corrected chi connectivity index (χ3v) is 3.28. The Morgan fingerprint density at radius 2 is 2.19 bits per heavy atom. The van der Waals surface area contributed by atoms with Crippen LogP contribution in [-0.4, -0.2) is 34.4 Å². The van der Waals surface area contributed by atoms with Crippen LogP contribution >= 0.6 is 0 Å². The van der Waals surface area contributed by atoms with Crippen LogP contribution in [0.5, 0.6) is 0 Å². The zero-order chi connectivity index (χ0) is 15.6. The maximum atomic E-state index is 12.0. The fraction of sp³-hybridized carbons (Fsp3) is 0.357. The van der Waals surface area contributed by atoms with E-state index in [-0.39, 0.29) is 17.7 Å². The van der Waals surface area contributed by atoms with Crippen LogP contribution in [0.25, 0.3) is 0 Å². The SMILES string of the molecule is CCN(C)c1cnn(Cc2cc(C(=O)O)c(C)o2)c(=O)c1. The van der Waals surface area contributed by atoms with E-state index < -0.39 is 5.97 Å². The average molecular weight is 291 g/mol. The van der Waals surface area contributed by atoms with Crippen molar-refractivity contribution >= 4 is 11.7 Å². The Labute approximate surface area is 121 Å². The lowest BCUT2D eigenvalue weighted by molar-refractivity contribution is 0.0695. The van der Waals surface area contributed by atoms with Gasteiger partial charge in [-0.15, -0.1) is 0 Å². The summed E-state index contributed by atoms with van der Waals surface area (Å²) in [5.41, 5.74) is 0.569. The number of aromatic carboxylic acids is 1. The highest BCUT2D eigenvalue weighted by Crippen LogP contribution is 2.15. The normalized spacial score (nSPS) is 10.6. The van der Waals surface area contributed by atoms with Crippen molar-refractivity contribution in [3.05, 3.63) is 45.8 Å². The highest BCUT2D eigenvalue weighted by atomic mass is 16.4. The number of nitrogens with zero attached hydrogens (tertiary/aromatic N) is 3. The van der Waals surface area contributed by atoms with Crippen molar-refractivity contribution in [3.8, 4) is 0 Å². The van der Waals surface area contributed by atoms with Crippen LogP contribution in [0.3, 0.4) is 0 Å². The van der Waals surface area contributed by atoms with Gasteiger partial charge in [0.2, 0.25) is 0 Å². The van der Waals surface area contributed by atoms with Gasteiger partial charge in [0, 0.05) is 19.7 Å². The molecule has 0 bridgehead atoms. The maximum Gasteiger partial charge on any atom is 0.339 e. The molecular formula is C14H17N3O4. The van der Waals surface area contributed by atoms with Crippen LogP contribution in [0.4, 0.5) is 5.69 Å². The average Bonchev–Trinajstić information content (AvgIpc) is 2.81. The number of anilines is 1. The highest BCUT2D eigenvalue weighted by molar-refractivity contribution is 5.88. The fourth-order valence-electron chi connectivity index (χ4n) is 1.92. The molecule has 0 amide bonds. The molecule has 7 nitrogen and oxygen atoms in total. The Bertz CT molecular complexity index is 717. The molecule has 0 aliphatic rings. The predicted molar refractivity (Wildman–Crippen MR) is 76.9 cm³/mol. The summed E-state index contributed by atoms with van der Waals surface area (Å²) in [6, 6.07) is 2.91. The second-order valence-corrected chi connectivity index (χ2v) is 4.71. The van der Waals surface area contributed by atoms with Gasteiger partial charge in [0.25, 0.3) is 5.56 Å². The lowest BCUT2D eigenvalue weighted by Gasteiger charge is -2.16. The van der Waals surface area contributed by atoms with E-state index in [4.69, 9.17) is 9.52 Å². The van der Waals surface area contributed by atoms with Crippen LogP contribution in [0.2, 0.25) is 0 Å². The first-order valence-electron chi connectivity index (χ1n) is 6.53. The smallest absolute Gasteiger partial charge is 0.339 e. The van der Waals surface area contributed by atoms with E-state index in [2.05, 4.69) is 5.10 Å². The Hall–Kier alpha value is -2.57. The van der Waals surface area contributed by atoms with Crippen LogP contribution in [-0.2, 0) is 6.54 Å². The van der Waals surface area contributed by atoms with Gasteiger partial charge >= 0.3 is 5.97 Å². The fourth-order valence-corrected chi connectivity index (χ4v) is 1.92. The van der Waals surface area contributed by atoms with E-state index in [0.717, 1.165) is 12.2 Å². The lowest BCUT2D eigenvalue weighted by atomic mass is 10.2. The van der Waals surface area contributed by atoms with Crippen molar-refractivity contribution in [2.24, 2.45) is 0 Å². The minimum absolute atomic E-state index is 0.0976. The summed E-state index contributed by atoms with van der Waals surface area (Å²) in [5.74, 6) is -0.355. The monoisotopic (exact) mass is 291 g/mol. The number of aromatic nitrogens is 2. The molecule has 1 N–H and O–H groups in total. The van der Waals surface area contributed by atoms with Gasteiger partial charge < -0.3 is 14.4 Å². The van der Waals surface area contributed by atoms with Crippen LogP contribution < -0.4 is 10.5 Å². The molecule has 0 radical (unpaired) electrons. The molecule has 0 aliphatic heterocycles. The van der Waals surface area contributed by atoms with Gasteiger partial charge in [-0.25, -0.2) is 9.48 Å². The topological polar surface area (TPSA) is 88.6 Å². The number of aryl methyl sites for hydroxylation is 1. The van der Waals surface area contributed by atoms with E-state index in [1.165, 1.54) is 16.8 Å². The van der Waals surface area contributed by atoms with Gasteiger partial charge in [-0.1, -0.05) is 0 Å². The Kier molecular flexibility index (Phi) is 4.11. The van der Waals surface area contributed by atoms with Crippen molar-refractivity contribution < 1.29 is 14.3 Å². The lowest BCUT2D eigenvalue weighted by Crippen LogP contribution is -2.25. The van der Waals surface area contributed by atoms with Gasteiger partial charge in [0.05, 0.1) is 11.9 Å². The summed E-state index contributed by atoms with van der Waals surface area (Å²) in [4.78, 5) is 24.9. The second kappa shape index (κ2) is 5.82. The number of carboxylic acids is 1. The van der Waals surface area contributed by atoms with E-state index in [1.807, 2.05) is 18.9 Å². The molecule has 112 valence electrons. The van der Waals surface area contributed by atoms with Crippen molar-refractivity contribution in [2.75, 3.05) is 18.5 Å². The Morgan fingerprint density at radius 1 is 1.48 bits per heavy atom. The van der Waals surface area contributed by atoms with E-state index in [0.29, 0.717) is 11.5 Å². The minimum atomic E-state index is -1.05. The molecule has 0 saturated carbocycles. The molecule has 2 aromatic heterocycles. The number of furan rings is 1. The summed E-state index contributed by atoms with van der Waals surface area (Å²) >= 11 is 0. The molecule has 0 unspecified atom stereocenters. The van der Waals surface area contributed by atoms with E-state index in [1.54, 1.807) is 13.1 Å². The molecule has 2 heterocycles. The first-order chi connectivity index (χ1) is 9.92. The second-order valence-electron chi connectivity index (χ2n) is 4.71. The van der Waals surface area contributed by atoms with Gasteiger partial charge in [0.1, 0.15) is 23.6 Å². The standard InChI is InChI=1S/C14H17N3O4/c1-4-16(3)10-5-13(18)17(15-7-10)8-11-6-12(14(19)20)9(2)21-11/h5-7H,4,8H2,1-3H3,(H,19,20). The van der Waals surface area contributed by atoms with Crippen molar-refractivity contribution in [1.82, 2.24) is 9.78 Å². The molecule has 2 rings (SSSR count). The zero-order valence-electron chi connectivity index (χ0n) is 12.2. The van der Waals surface area contributed by atoms with Crippen LogP contribution in [0.1, 0.15) is 28.8 Å². The first-order valence-corrected chi connectivity index (χ1v) is 6.53. The third kappa shape index (κ3) is 3.13. The summed E-state index contributed by atoms with van der Waals surface area (Å²) in [5, 5.41) is 13.1. The van der Waals surface area contributed by atoms with Crippen molar-refractivity contribution in [3.63, 3.8) is 0 Å². The molecule has 2 aromatic rings. The highest BCUT2D eigenvalue weighted by Gasteiger charge is 2.14. The molecule has 0 fully saturated rings. The first kappa shape index (κ1) is 14.8. The third-order valence-electron chi connectivity index (χ3n) is 3.28. The van der Waals surface area contributed by atoms with Gasteiger partial charge in [-0.3, -0.25) is 4.79 Å².